The molecule has 110 valence electrons. The molecule has 2 aliphatic rings. The topological polar surface area (TPSA) is 67.4 Å². The number of rotatable bonds is 3. The zero-order valence-electron chi connectivity index (χ0n) is 11.6. The highest BCUT2D eigenvalue weighted by atomic mass is 32.2. The third kappa shape index (κ3) is 2.74. The number of hydrogen-bond acceptors (Lipinski definition) is 4. The van der Waals surface area contributed by atoms with Crippen LogP contribution in [-0.4, -0.2) is 27.2 Å². The number of hydrogen-bond donors (Lipinski definition) is 2. The smallest absolute Gasteiger partial charge is 0.241 e. The molecule has 0 bridgehead atoms. The molecule has 2 N–H and O–H groups in total. The van der Waals surface area contributed by atoms with Gasteiger partial charge in [-0.25, -0.2) is 13.1 Å². The lowest BCUT2D eigenvalue weighted by molar-refractivity contribution is 0.0386. The van der Waals surface area contributed by atoms with E-state index >= 15 is 0 Å². The van der Waals surface area contributed by atoms with E-state index in [9.17, 15) is 8.42 Å². The van der Waals surface area contributed by atoms with Gasteiger partial charge in [0.05, 0.1) is 17.0 Å². The maximum Gasteiger partial charge on any atom is 0.241 e. The first kappa shape index (κ1) is 14.0. The summed E-state index contributed by atoms with van der Waals surface area (Å²) in [7, 11) is -3.50. The number of sulfonamides is 1. The maximum absolute atomic E-state index is 12.5. The van der Waals surface area contributed by atoms with Crippen LogP contribution in [0.5, 0.6) is 0 Å². The normalized spacial score (nSPS) is 26.4. The van der Waals surface area contributed by atoms with E-state index in [-0.39, 0.29) is 0 Å². The summed E-state index contributed by atoms with van der Waals surface area (Å²) in [6.07, 6.45) is 1.69. The second kappa shape index (κ2) is 5.11. The third-order valence-corrected chi connectivity index (χ3v) is 5.57. The molecule has 2 aliphatic heterocycles. The summed E-state index contributed by atoms with van der Waals surface area (Å²) in [5.74, 6) is 0. The van der Waals surface area contributed by atoms with Gasteiger partial charge in [0.15, 0.2) is 0 Å². The SMILES string of the molecule is CC1(NS(=O)(=O)c2ccc3c(c2)CNC3)CCCOC1. The Bertz CT molecular complexity index is 607. The summed E-state index contributed by atoms with van der Waals surface area (Å²) in [4.78, 5) is 0.340. The van der Waals surface area contributed by atoms with Gasteiger partial charge in [-0.15, -0.1) is 0 Å². The van der Waals surface area contributed by atoms with Gasteiger partial charge in [-0.1, -0.05) is 6.07 Å². The fourth-order valence-corrected chi connectivity index (χ4v) is 4.31. The Morgan fingerprint density at radius 2 is 2.10 bits per heavy atom. The van der Waals surface area contributed by atoms with Gasteiger partial charge >= 0.3 is 0 Å². The molecule has 1 fully saturated rings. The van der Waals surface area contributed by atoms with Crippen LogP contribution in [0.15, 0.2) is 23.1 Å². The molecule has 0 amide bonds. The Morgan fingerprint density at radius 1 is 1.30 bits per heavy atom. The van der Waals surface area contributed by atoms with E-state index in [1.165, 1.54) is 5.56 Å². The van der Waals surface area contributed by atoms with Gasteiger partial charge in [0.1, 0.15) is 0 Å². The highest BCUT2D eigenvalue weighted by molar-refractivity contribution is 7.89. The van der Waals surface area contributed by atoms with Crippen molar-refractivity contribution in [1.82, 2.24) is 10.0 Å². The van der Waals surface area contributed by atoms with Gasteiger partial charge in [0, 0.05) is 19.7 Å². The van der Waals surface area contributed by atoms with Crippen LogP contribution in [-0.2, 0) is 27.8 Å². The minimum Gasteiger partial charge on any atom is -0.380 e. The summed E-state index contributed by atoms with van der Waals surface area (Å²) in [5.41, 5.74) is 1.74. The molecule has 0 aromatic heterocycles. The van der Waals surface area contributed by atoms with Crippen LogP contribution in [0, 0.1) is 0 Å². The second-order valence-electron chi connectivity index (χ2n) is 5.86. The predicted molar refractivity (Wildman–Crippen MR) is 75.8 cm³/mol. The van der Waals surface area contributed by atoms with Crippen molar-refractivity contribution in [3.8, 4) is 0 Å². The van der Waals surface area contributed by atoms with Crippen LogP contribution >= 0.6 is 0 Å². The first-order valence-corrected chi connectivity index (χ1v) is 8.41. The number of ether oxygens (including phenoxy) is 1. The van der Waals surface area contributed by atoms with Crippen molar-refractivity contribution in [2.24, 2.45) is 0 Å². The van der Waals surface area contributed by atoms with Crippen molar-refractivity contribution in [1.29, 1.82) is 0 Å². The van der Waals surface area contributed by atoms with Crippen LogP contribution in [0.25, 0.3) is 0 Å². The fraction of sp³-hybridized carbons (Fsp3) is 0.571. The van der Waals surface area contributed by atoms with E-state index in [0.29, 0.717) is 18.1 Å². The molecule has 0 saturated carbocycles. The van der Waals surface area contributed by atoms with Gasteiger partial charge in [-0.2, -0.15) is 0 Å². The van der Waals surface area contributed by atoms with E-state index in [1.54, 1.807) is 12.1 Å². The average molecular weight is 296 g/mol. The van der Waals surface area contributed by atoms with Crippen LogP contribution in [0.1, 0.15) is 30.9 Å². The third-order valence-electron chi connectivity index (χ3n) is 3.94. The molecular weight excluding hydrogens is 276 g/mol. The van der Waals surface area contributed by atoms with Crippen molar-refractivity contribution < 1.29 is 13.2 Å². The summed E-state index contributed by atoms with van der Waals surface area (Å²) in [5, 5.41) is 3.22. The lowest BCUT2D eigenvalue weighted by Gasteiger charge is -2.33. The molecule has 1 atom stereocenters. The molecule has 1 aromatic rings. The summed E-state index contributed by atoms with van der Waals surface area (Å²) in [6.45, 7) is 4.59. The molecule has 1 saturated heterocycles. The highest BCUT2D eigenvalue weighted by Crippen LogP contribution is 2.24. The molecule has 20 heavy (non-hydrogen) atoms. The Labute approximate surface area is 119 Å². The molecule has 6 heteroatoms. The van der Waals surface area contributed by atoms with Crippen molar-refractivity contribution in [2.75, 3.05) is 13.2 Å². The van der Waals surface area contributed by atoms with Crippen molar-refractivity contribution in [3.63, 3.8) is 0 Å². The number of nitrogens with one attached hydrogen (secondary N) is 2. The molecule has 1 aromatic carbocycles. The lowest BCUT2D eigenvalue weighted by Crippen LogP contribution is -2.51. The van der Waals surface area contributed by atoms with Crippen molar-refractivity contribution in [2.45, 2.75) is 43.3 Å². The number of benzene rings is 1. The van der Waals surface area contributed by atoms with Crippen LogP contribution in [0.3, 0.4) is 0 Å². The molecule has 0 spiro atoms. The van der Waals surface area contributed by atoms with Gasteiger partial charge in [-0.05, 0) is 43.0 Å². The molecular formula is C14H20N2O3S. The van der Waals surface area contributed by atoms with Gasteiger partial charge < -0.3 is 10.1 Å². The Morgan fingerprint density at radius 3 is 2.85 bits per heavy atom. The lowest BCUT2D eigenvalue weighted by atomic mass is 9.97. The highest BCUT2D eigenvalue weighted by Gasteiger charge is 2.33. The zero-order valence-corrected chi connectivity index (χ0v) is 12.4. The predicted octanol–water partition coefficient (Wildman–Crippen LogP) is 1.14. The van der Waals surface area contributed by atoms with E-state index in [1.807, 2.05) is 13.0 Å². The largest absolute Gasteiger partial charge is 0.380 e. The second-order valence-corrected chi connectivity index (χ2v) is 7.54. The quantitative estimate of drug-likeness (QED) is 0.877. The van der Waals surface area contributed by atoms with Gasteiger partial charge in [-0.3, -0.25) is 0 Å². The van der Waals surface area contributed by atoms with Gasteiger partial charge in [0.25, 0.3) is 0 Å². The molecule has 2 heterocycles. The molecule has 1 unspecified atom stereocenters. The van der Waals surface area contributed by atoms with Crippen LogP contribution in [0.4, 0.5) is 0 Å². The minimum absolute atomic E-state index is 0.340. The Balaban J connectivity index is 1.84. The monoisotopic (exact) mass is 296 g/mol. The summed E-state index contributed by atoms with van der Waals surface area (Å²) >= 11 is 0. The first-order valence-electron chi connectivity index (χ1n) is 6.93. The molecule has 5 nitrogen and oxygen atoms in total. The maximum atomic E-state index is 12.5. The van der Waals surface area contributed by atoms with E-state index in [2.05, 4.69) is 10.0 Å². The molecule has 0 aliphatic carbocycles. The summed E-state index contributed by atoms with van der Waals surface area (Å²) in [6, 6.07) is 5.34. The Kier molecular flexibility index (Phi) is 3.58. The van der Waals surface area contributed by atoms with Crippen LogP contribution < -0.4 is 10.0 Å². The first-order chi connectivity index (χ1) is 9.49. The number of fused-ring (bicyclic) bond motifs is 1. The fourth-order valence-electron chi connectivity index (χ4n) is 2.84. The van der Waals surface area contributed by atoms with E-state index < -0.39 is 15.6 Å². The van der Waals surface area contributed by atoms with Crippen molar-refractivity contribution >= 4 is 10.0 Å². The van der Waals surface area contributed by atoms with Crippen LogP contribution in [0.2, 0.25) is 0 Å². The molecule has 0 radical (unpaired) electrons. The zero-order chi connectivity index (χ0) is 14.2. The van der Waals surface area contributed by atoms with Crippen molar-refractivity contribution in [3.05, 3.63) is 29.3 Å². The van der Waals surface area contributed by atoms with E-state index in [0.717, 1.165) is 31.5 Å². The Hall–Kier alpha value is -0.950. The standard InChI is InChI=1S/C14H20N2O3S/c1-14(5-2-6-19-10-14)16-20(17,18)13-4-3-11-8-15-9-12(11)7-13/h3-4,7,15-16H,2,5-6,8-10H2,1H3. The summed E-state index contributed by atoms with van der Waals surface area (Å²) < 4.78 is 33.2. The van der Waals surface area contributed by atoms with E-state index in [4.69, 9.17) is 4.74 Å². The average Bonchev–Trinajstić information content (AvgIpc) is 2.85. The minimum atomic E-state index is -3.50. The molecule has 3 rings (SSSR count). The van der Waals surface area contributed by atoms with Gasteiger partial charge in [0.2, 0.25) is 10.0 Å².